The predicted molar refractivity (Wildman–Crippen MR) is 103 cm³/mol. The molecule has 2 nitrogen and oxygen atoms in total. The maximum atomic E-state index is 11.9. The van der Waals surface area contributed by atoms with Crippen LogP contribution in [0.2, 0.25) is 0 Å². The highest BCUT2D eigenvalue weighted by Crippen LogP contribution is 2.66. The van der Waals surface area contributed by atoms with Crippen LogP contribution in [0, 0.1) is 46.3 Å². The van der Waals surface area contributed by atoms with Gasteiger partial charge in [0, 0.05) is 11.5 Å². The highest BCUT2D eigenvalue weighted by molar-refractivity contribution is 5.89. The Kier molecular flexibility index (Phi) is 4.13. The van der Waals surface area contributed by atoms with Crippen molar-refractivity contribution in [2.45, 2.75) is 79.2 Å². The van der Waals surface area contributed by atoms with Gasteiger partial charge in [-0.1, -0.05) is 40.7 Å². The van der Waals surface area contributed by atoms with E-state index < -0.39 is 0 Å². The average Bonchev–Trinajstić information content (AvgIpc) is 2.85. The number of nitrogens with one attached hydrogen (secondary N) is 1. The maximum Gasteiger partial charge on any atom is 0.243 e. The first-order chi connectivity index (χ1) is 11.8. The molecule has 0 saturated heterocycles. The minimum absolute atomic E-state index is 0.117. The first-order valence-electron chi connectivity index (χ1n) is 10.8. The molecule has 25 heavy (non-hydrogen) atoms. The summed E-state index contributed by atoms with van der Waals surface area (Å²) in [7, 11) is 0. The van der Waals surface area contributed by atoms with Gasteiger partial charge in [0.15, 0.2) is 0 Å². The molecule has 2 heteroatoms. The molecular formula is C23H37NO. The van der Waals surface area contributed by atoms with E-state index >= 15 is 0 Å². The molecule has 140 valence electrons. The van der Waals surface area contributed by atoms with Gasteiger partial charge in [-0.15, -0.1) is 0 Å². The molecule has 8 atom stereocenters. The fraction of sp³-hybridized carbons (Fsp3) is 0.870. The van der Waals surface area contributed by atoms with Crippen LogP contribution in [0.5, 0.6) is 0 Å². The predicted octanol–water partition coefficient (Wildman–Crippen LogP) is 5.19. The molecule has 0 bridgehead atoms. The third-order valence-corrected chi connectivity index (χ3v) is 9.01. The van der Waals surface area contributed by atoms with E-state index in [4.69, 9.17) is 0 Å². The van der Waals surface area contributed by atoms with Crippen molar-refractivity contribution in [3.63, 3.8) is 0 Å². The molecule has 1 N–H and O–H groups in total. The summed E-state index contributed by atoms with van der Waals surface area (Å²) in [6.45, 7) is 12.3. The zero-order chi connectivity index (χ0) is 18.0. The lowest BCUT2D eigenvalue weighted by Crippen LogP contribution is -2.61. The van der Waals surface area contributed by atoms with Gasteiger partial charge < -0.3 is 5.32 Å². The number of carbonyl (C=O) groups is 1. The molecule has 0 spiro atoms. The molecule has 1 amide bonds. The molecule has 3 aliphatic carbocycles. The third kappa shape index (κ3) is 2.53. The standard InChI is InChI=1S/C23H37NO/c1-14(2)12-16-6-7-17-21-15(3)13-19-23(5,11-9-20(25)24-19)18(21)8-10-22(16,17)4/h9,11,14-19,21H,6-8,10,12-13H2,1-5H3,(H,24,25)/t15?,16?,17-,18+,19?,21-,22+,23+/m0/s1. The fourth-order valence-electron chi connectivity index (χ4n) is 7.75. The van der Waals surface area contributed by atoms with E-state index in [1.807, 2.05) is 6.08 Å². The van der Waals surface area contributed by atoms with Crippen molar-refractivity contribution in [2.24, 2.45) is 46.3 Å². The molecule has 1 aliphatic heterocycles. The third-order valence-electron chi connectivity index (χ3n) is 9.01. The Morgan fingerprint density at radius 3 is 2.68 bits per heavy atom. The number of hydrogen-bond acceptors (Lipinski definition) is 1. The van der Waals surface area contributed by atoms with Gasteiger partial charge >= 0.3 is 0 Å². The normalized spacial score (nSPS) is 51.7. The summed E-state index contributed by atoms with van der Waals surface area (Å²) in [5.41, 5.74) is 0.729. The highest BCUT2D eigenvalue weighted by atomic mass is 16.1. The maximum absolute atomic E-state index is 11.9. The van der Waals surface area contributed by atoms with Crippen LogP contribution in [0.3, 0.4) is 0 Å². The molecule has 0 radical (unpaired) electrons. The van der Waals surface area contributed by atoms with Crippen molar-refractivity contribution in [3.8, 4) is 0 Å². The summed E-state index contributed by atoms with van der Waals surface area (Å²) in [5, 5.41) is 3.30. The summed E-state index contributed by atoms with van der Waals surface area (Å²) in [6.07, 6.45) is 12.3. The van der Waals surface area contributed by atoms with E-state index in [1.165, 1.54) is 32.1 Å². The van der Waals surface area contributed by atoms with Crippen LogP contribution in [-0.4, -0.2) is 11.9 Å². The summed E-state index contributed by atoms with van der Waals surface area (Å²) in [5.74, 6) is 5.08. The zero-order valence-electron chi connectivity index (χ0n) is 16.8. The zero-order valence-corrected chi connectivity index (χ0v) is 16.8. The molecule has 0 aromatic carbocycles. The Balaban J connectivity index is 1.65. The van der Waals surface area contributed by atoms with Crippen molar-refractivity contribution < 1.29 is 4.79 Å². The van der Waals surface area contributed by atoms with Gasteiger partial charge in [0.1, 0.15) is 0 Å². The summed E-state index contributed by atoms with van der Waals surface area (Å²) in [6, 6.07) is 0.346. The van der Waals surface area contributed by atoms with Gasteiger partial charge in [0.2, 0.25) is 5.91 Å². The number of fused-ring (bicyclic) bond motifs is 5. The van der Waals surface area contributed by atoms with E-state index in [2.05, 4.69) is 46.0 Å². The molecular weight excluding hydrogens is 306 g/mol. The highest BCUT2D eigenvalue weighted by Gasteiger charge is 2.61. The largest absolute Gasteiger partial charge is 0.349 e. The second-order valence-corrected chi connectivity index (χ2v) is 10.7. The van der Waals surface area contributed by atoms with Crippen molar-refractivity contribution in [3.05, 3.63) is 12.2 Å². The second-order valence-electron chi connectivity index (χ2n) is 10.7. The smallest absolute Gasteiger partial charge is 0.243 e. The molecule has 4 rings (SSSR count). The minimum atomic E-state index is 0.117. The van der Waals surface area contributed by atoms with Crippen LogP contribution < -0.4 is 5.32 Å². The molecule has 3 saturated carbocycles. The first kappa shape index (κ1) is 17.6. The first-order valence-corrected chi connectivity index (χ1v) is 10.8. The molecule has 3 unspecified atom stereocenters. The van der Waals surface area contributed by atoms with Crippen LogP contribution >= 0.6 is 0 Å². The van der Waals surface area contributed by atoms with Crippen molar-refractivity contribution in [2.75, 3.05) is 0 Å². The molecule has 0 aromatic heterocycles. The van der Waals surface area contributed by atoms with Crippen LogP contribution in [0.25, 0.3) is 0 Å². The number of hydrogen-bond donors (Lipinski definition) is 1. The van der Waals surface area contributed by atoms with Crippen molar-refractivity contribution in [1.82, 2.24) is 5.32 Å². The monoisotopic (exact) mass is 343 g/mol. The van der Waals surface area contributed by atoms with Gasteiger partial charge in [0.25, 0.3) is 0 Å². The van der Waals surface area contributed by atoms with Gasteiger partial charge in [-0.3, -0.25) is 4.79 Å². The van der Waals surface area contributed by atoms with Gasteiger partial charge in [-0.25, -0.2) is 0 Å². The molecule has 4 aliphatic rings. The van der Waals surface area contributed by atoms with Crippen LogP contribution in [0.15, 0.2) is 12.2 Å². The molecule has 3 fully saturated rings. The average molecular weight is 344 g/mol. The van der Waals surface area contributed by atoms with Crippen LogP contribution in [0.1, 0.15) is 73.1 Å². The quantitative estimate of drug-likeness (QED) is 0.734. The number of amides is 1. The molecule has 0 aromatic rings. The summed E-state index contributed by atoms with van der Waals surface area (Å²) >= 11 is 0. The summed E-state index contributed by atoms with van der Waals surface area (Å²) in [4.78, 5) is 11.9. The van der Waals surface area contributed by atoms with E-state index in [-0.39, 0.29) is 11.3 Å². The van der Waals surface area contributed by atoms with Gasteiger partial charge in [-0.2, -0.15) is 0 Å². The SMILES string of the molecule is CC(C)CC1CC[C@H]2[C@@H]3C(C)CC4NC(=O)C=C[C@]4(C)[C@@H]3CC[C@]12C. The fourth-order valence-corrected chi connectivity index (χ4v) is 7.75. The van der Waals surface area contributed by atoms with Gasteiger partial charge in [0.05, 0.1) is 0 Å². The Morgan fingerprint density at radius 1 is 1.20 bits per heavy atom. The minimum Gasteiger partial charge on any atom is -0.349 e. The lowest BCUT2D eigenvalue weighted by Gasteiger charge is -2.61. The van der Waals surface area contributed by atoms with Crippen molar-refractivity contribution in [1.29, 1.82) is 0 Å². The Hall–Kier alpha value is -0.790. The number of carbonyl (C=O) groups excluding carboxylic acids is 1. The number of rotatable bonds is 2. The lowest BCUT2D eigenvalue weighted by atomic mass is 9.45. The van der Waals surface area contributed by atoms with E-state index in [1.54, 1.807) is 0 Å². The van der Waals surface area contributed by atoms with Crippen LogP contribution in [-0.2, 0) is 4.79 Å². The van der Waals surface area contributed by atoms with Gasteiger partial charge in [-0.05, 0) is 85.5 Å². The van der Waals surface area contributed by atoms with E-state index in [0.29, 0.717) is 11.5 Å². The Morgan fingerprint density at radius 2 is 1.96 bits per heavy atom. The summed E-state index contributed by atoms with van der Waals surface area (Å²) < 4.78 is 0. The Bertz CT molecular complexity index is 581. The Labute approximate surface area is 154 Å². The van der Waals surface area contributed by atoms with E-state index in [0.717, 1.165) is 41.9 Å². The van der Waals surface area contributed by atoms with E-state index in [9.17, 15) is 4.79 Å². The van der Waals surface area contributed by atoms with Crippen LogP contribution in [0.4, 0.5) is 0 Å². The second kappa shape index (κ2) is 5.86. The lowest BCUT2D eigenvalue weighted by molar-refractivity contribution is -0.125. The van der Waals surface area contributed by atoms with Crippen molar-refractivity contribution >= 4 is 5.91 Å². The topological polar surface area (TPSA) is 29.1 Å². The molecule has 1 heterocycles.